The Morgan fingerprint density at radius 1 is 1.47 bits per heavy atom. The van der Waals surface area contributed by atoms with E-state index in [0.717, 1.165) is 18.9 Å². The predicted molar refractivity (Wildman–Crippen MR) is 63.8 cm³/mol. The van der Waals surface area contributed by atoms with Crippen LogP contribution in [0.4, 0.5) is 5.82 Å². The van der Waals surface area contributed by atoms with Crippen molar-refractivity contribution in [3.05, 3.63) is 18.1 Å². The van der Waals surface area contributed by atoms with E-state index < -0.39 is 5.97 Å². The van der Waals surface area contributed by atoms with Crippen molar-refractivity contribution in [3.8, 4) is 0 Å². The summed E-state index contributed by atoms with van der Waals surface area (Å²) in [7, 11) is 1.33. The van der Waals surface area contributed by atoms with Gasteiger partial charge in [0.2, 0.25) is 0 Å². The molecule has 0 bridgehead atoms. The number of carbonyl (C=O) groups is 1. The summed E-state index contributed by atoms with van der Waals surface area (Å²) in [4.78, 5) is 19.2. The maximum atomic E-state index is 11.1. The van der Waals surface area contributed by atoms with Gasteiger partial charge in [0.15, 0.2) is 5.69 Å². The summed E-state index contributed by atoms with van der Waals surface area (Å²) in [6, 6.07) is 0. The summed E-state index contributed by atoms with van der Waals surface area (Å²) >= 11 is 0. The number of esters is 1. The first-order valence-corrected chi connectivity index (χ1v) is 5.94. The fourth-order valence-electron chi connectivity index (χ4n) is 1.64. The number of hydrogen-bond donors (Lipinski definition) is 1. The quantitative estimate of drug-likeness (QED) is 0.602. The zero-order valence-corrected chi connectivity index (χ0v) is 9.98. The van der Waals surface area contributed by atoms with E-state index in [1.54, 1.807) is 6.20 Å². The Bertz CT molecular complexity index is 374. The second-order valence-electron chi connectivity index (χ2n) is 4.29. The Hall–Kier alpha value is -1.65. The van der Waals surface area contributed by atoms with Crippen LogP contribution in [0.25, 0.3) is 0 Å². The van der Waals surface area contributed by atoms with Crippen LogP contribution in [0.3, 0.4) is 0 Å². The van der Waals surface area contributed by atoms with Gasteiger partial charge in [0, 0.05) is 6.54 Å². The molecule has 1 N–H and O–H groups in total. The molecule has 92 valence electrons. The smallest absolute Gasteiger partial charge is 0.358 e. The number of rotatable bonds is 6. The molecule has 0 radical (unpaired) electrons. The molecule has 1 aromatic rings. The number of nitrogens with one attached hydrogen (secondary N) is 1. The van der Waals surface area contributed by atoms with Crippen molar-refractivity contribution in [2.24, 2.45) is 5.92 Å². The van der Waals surface area contributed by atoms with Gasteiger partial charge < -0.3 is 10.1 Å². The second-order valence-corrected chi connectivity index (χ2v) is 4.29. The van der Waals surface area contributed by atoms with Gasteiger partial charge in [-0.25, -0.2) is 14.8 Å². The summed E-state index contributed by atoms with van der Waals surface area (Å²) < 4.78 is 4.55. The largest absolute Gasteiger partial charge is 0.464 e. The van der Waals surface area contributed by atoms with Crippen molar-refractivity contribution in [2.45, 2.75) is 25.7 Å². The van der Waals surface area contributed by atoms with Crippen LogP contribution in [0.15, 0.2) is 12.4 Å². The molecule has 0 atom stereocenters. The number of anilines is 1. The van der Waals surface area contributed by atoms with Crippen LogP contribution in [-0.4, -0.2) is 29.6 Å². The van der Waals surface area contributed by atoms with Crippen LogP contribution in [-0.2, 0) is 4.74 Å². The Kier molecular flexibility index (Phi) is 3.90. The zero-order valence-electron chi connectivity index (χ0n) is 9.98. The van der Waals surface area contributed by atoms with Gasteiger partial charge in [-0.15, -0.1) is 0 Å². The molecule has 1 heterocycles. The zero-order chi connectivity index (χ0) is 12.1. The number of carbonyl (C=O) groups excluding carboxylic acids is 1. The molecule has 1 fully saturated rings. The van der Waals surface area contributed by atoms with E-state index in [4.69, 9.17) is 0 Å². The van der Waals surface area contributed by atoms with Crippen LogP contribution in [0.2, 0.25) is 0 Å². The van der Waals surface area contributed by atoms with Crippen molar-refractivity contribution < 1.29 is 9.53 Å². The number of hydrogen-bond acceptors (Lipinski definition) is 5. The molecule has 1 aromatic heterocycles. The lowest BCUT2D eigenvalue weighted by atomic mass is 10.2. The third-order valence-electron chi connectivity index (χ3n) is 2.84. The van der Waals surface area contributed by atoms with Gasteiger partial charge in [-0.3, -0.25) is 0 Å². The highest BCUT2D eigenvalue weighted by atomic mass is 16.5. The minimum atomic E-state index is -0.460. The van der Waals surface area contributed by atoms with E-state index >= 15 is 0 Å². The monoisotopic (exact) mass is 235 g/mol. The number of ether oxygens (including phenoxy) is 1. The SMILES string of the molecule is COC(=O)c1cnc(NCCCC2CC2)cn1. The topological polar surface area (TPSA) is 64.1 Å². The van der Waals surface area contributed by atoms with Gasteiger partial charge in [0.05, 0.1) is 19.5 Å². The van der Waals surface area contributed by atoms with Crippen molar-refractivity contribution in [2.75, 3.05) is 19.0 Å². The highest BCUT2D eigenvalue weighted by Crippen LogP contribution is 2.33. The molecular weight excluding hydrogens is 218 g/mol. The Morgan fingerprint density at radius 2 is 2.29 bits per heavy atom. The maximum Gasteiger partial charge on any atom is 0.358 e. The summed E-state index contributed by atoms with van der Waals surface area (Å²) in [6.07, 6.45) is 8.23. The van der Waals surface area contributed by atoms with E-state index in [-0.39, 0.29) is 5.69 Å². The molecule has 0 amide bonds. The lowest BCUT2D eigenvalue weighted by Gasteiger charge is -2.05. The molecule has 1 saturated carbocycles. The fourth-order valence-corrected chi connectivity index (χ4v) is 1.64. The van der Waals surface area contributed by atoms with Crippen LogP contribution in [0.1, 0.15) is 36.2 Å². The average molecular weight is 235 g/mol. The van der Waals surface area contributed by atoms with E-state index in [9.17, 15) is 4.79 Å². The van der Waals surface area contributed by atoms with Gasteiger partial charge >= 0.3 is 5.97 Å². The lowest BCUT2D eigenvalue weighted by molar-refractivity contribution is 0.0593. The minimum Gasteiger partial charge on any atom is -0.464 e. The molecule has 0 unspecified atom stereocenters. The minimum absolute atomic E-state index is 0.232. The molecule has 0 saturated heterocycles. The van der Waals surface area contributed by atoms with Gasteiger partial charge in [0.1, 0.15) is 5.82 Å². The molecule has 2 rings (SSSR count). The van der Waals surface area contributed by atoms with E-state index in [1.165, 1.54) is 32.6 Å². The van der Waals surface area contributed by atoms with E-state index in [0.29, 0.717) is 5.82 Å². The Balaban J connectivity index is 1.74. The van der Waals surface area contributed by atoms with E-state index in [1.807, 2.05) is 0 Å². The molecule has 5 nitrogen and oxygen atoms in total. The summed E-state index contributed by atoms with van der Waals surface area (Å²) in [5.41, 5.74) is 0.232. The van der Waals surface area contributed by atoms with Crippen molar-refractivity contribution >= 4 is 11.8 Å². The van der Waals surface area contributed by atoms with Gasteiger partial charge in [0.25, 0.3) is 0 Å². The first-order chi connectivity index (χ1) is 8.29. The third kappa shape index (κ3) is 3.69. The maximum absolute atomic E-state index is 11.1. The standard InChI is InChI=1S/C12H17N3O2/c1-17-12(16)10-7-15-11(8-14-10)13-6-2-3-9-4-5-9/h7-9H,2-6H2,1H3,(H,13,15). The summed E-state index contributed by atoms with van der Waals surface area (Å²) in [5, 5.41) is 3.19. The molecule has 0 aromatic carbocycles. The summed E-state index contributed by atoms with van der Waals surface area (Å²) in [5.74, 6) is 1.20. The molecular formula is C12H17N3O2. The third-order valence-corrected chi connectivity index (χ3v) is 2.84. The molecule has 5 heteroatoms. The molecule has 17 heavy (non-hydrogen) atoms. The second kappa shape index (κ2) is 5.61. The average Bonchev–Trinajstić information content (AvgIpc) is 3.18. The van der Waals surface area contributed by atoms with Crippen LogP contribution in [0, 0.1) is 5.92 Å². The van der Waals surface area contributed by atoms with E-state index in [2.05, 4.69) is 20.0 Å². The number of nitrogens with zero attached hydrogens (tertiary/aromatic N) is 2. The van der Waals surface area contributed by atoms with Crippen LogP contribution < -0.4 is 5.32 Å². The van der Waals surface area contributed by atoms with Crippen molar-refractivity contribution in [3.63, 3.8) is 0 Å². The first kappa shape index (κ1) is 11.8. The molecule has 0 aliphatic heterocycles. The van der Waals surface area contributed by atoms with Gasteiger partial charge in [-0.2, -0.15) is 0 Å². The highest BCUT2D eigenvalue weighted by Gasteiger charge is 2.19. The fraction of sp³-hybridized carbons (Fsp3) is 0.583. The Labute approximate surface area is 101 Å². The predicted octanol–water partition coefficient (Wildman–Crippen LogP) is 1.87. The summed E-state index contributed by atoms with van der Waals surface area (Å²) in [6.45, 7) is 0.906. The lowest BCUT2D eigenvalue weighted by Crippen LogP contribution is -2.08. The van der Waals surface area contributed by atoms with Gasteiger partial charge in [-0.05, 0) is 18.8 Å². The number of methoxy groups -OCH3 is 1. The molecule has 1 aliphatic rings. The first-order valence-electron chi connectivity index (χ1n) is 5.94. The highest BCUT2D eigenvalue weighted by molar-refractivity contribution is 5.86. The Morgan fingerprint density at radius 3 is 2.88 bits per heavy atom. The number of aromatic nitrogens is 2. The normalized spacial score (nSPS) is 14.4. The van der Waals surface area contributed by atoms with Crippen molar-refractivity contribution in [1.82, 2.24) is 9.97 Å². The van der Waals surface area contributed by atoms with Crippen molar-refractivity contribution in [1.29, 1.82) is 0 Å². The molecule has 0 spiro atoms. The van der Waals surface area contributed by atoms with Gasteiger partial charge in [-0.1, -0.05) is 12.8 Å². The van der Waals surface area contributed by atoms with Crippen LogP contribution in [0.5, 0.6) is 0 Å². The van der Waals surface area contributed by atoms with Crippen LogP contribution >= 0.6 is 0 Å². The molecule has 1 aliphatic carbocycles.